The highest BCUT2D eigenvalue weighted by Gasteiger charge is 1.99. The predicted molar refractivity (Wildman–Crippen MR) is 116 cm³/mol. The zero-order valence-electron chi connectivity index (χ0n) is 17.7. The van der Waals surface area contributed by atoms with Crippen LogP contribution >= 0.6 is 0 Å². The second-order valence-corrected chi connectivity index (χ2v) is 7.54. The Morgan fingerprint density at radius 3 is 1.75 bits per heavy atom. The first kappa shape index (κ1) is 24.0. The van der Waals surface area contributed by atoms with Crippen molar-refractivity contribution in [3.8, 4) is 6.07 Å². The van der Waals surface area contributed by atoms with Crippen molar-refractivity contribution in [1.29, 1.82) is 5.26 Å². The van der Waals surface area contributed by atoms with E-state index < -0.39 is 0 Å². The third-order valence-electron chi connectivity index (χ3n) is 5.13. The second-order valence-electron chi connectivity index (χ2n) is 7.54. The van der Waals surface area contributed by atoms with Crippen LogP contribution < -0.4 is 5.32 Å². The van der Waals surface area contributed by atoms with Crippen molar-refractivity contribution in [1.82, 2.24) is 0 Å². The van der Waals surface area contributed by atoms with Crippen LogP contribution in [0.1, 0.15) is 95.5 Å². The molecule has 0 amide bonds. The van der Waals surface area contributed by atoms with E-state index in [1.54, 1.807) is 0 Å². The zero-order valence-corrected chi connectivity index (χ0v) is 17.7. The maximum Gasteiger partial charge on any atom is 0.305 e. The number of nitrogens with zero attached hydrogens (tertiary/aromatic N) is 1. The van der Waals surface area contributed by atoms with Crippen LogP contribution in [0.3, 0.4) is 0 Å². The molecule has 0 atom stereocenters. The number of methoxy groups -OCH3 is 1. The van der Waals surface area contributed by atoms with Gasteiger partial charge in [0.25, 0.3) is 0 Å². The van der Waals surface area contributed by atoms with Crippen molar-refractivity contribution in [3.63, 3.8) is 0 Å². The lowest BCUT2D eigenvalue weighted by molar-refractivity contribution is -0.140. The number of benzene rings is 1. The summed E-state index contributed by atoms with van der Waals surface area (Å²) in [7, 11) is 1.46. The van der Waals surface area contributed by atoms with E-state index in [0.29, 0.717) is 12.0 Å². The Morgan fingerprint density at radius 2 is 1.29 bits per heavy atom. The summed E-state index contributed by atoms with van der Waals surface area (Å²) in [5.74, 6) is -0.0810. The van der Waals surface area contributed by atoms with E-state index in [2.05, 4.69) is 16.1 Å². The van der Waals surface area contributed by atoms with E-state index in [9.17, 15) is 4.79 Å². The molecule has 0 heterocycles. The third kappa shape index (κ3) is 13.2. The van der Waals surface area contributed by atoms with Crippen molar-refractivity contribution in [2.75, 3.05) is 19.0 Å². The van der Waals surface area contributed by atoms with Gasteiger partial charge in [-0.25, -0.2) is 0 Å². The molecule has 0 fully saturated rings. The molecular weight excluding hydrogens is 348 g/mol. The topological polar surface area (TPSA) is 62.1 Å². The van der Waals surface area contributed by atoms with Gasteiger partial charge < -0.3 is 10.1 Å². The second kappa shape index (κ2) is 17.1. The molecule has 28 heavy (non-hydrogen) atoms. The zero-order chi connectivity index (χ0) is 20.3. The fourth-order valence-corrected chi connectivity index (χ4v) is 3.34. The van der Waals surface area contributed by atoms with Gasteiger partial charge in [-0.05, 0) is 37.1 Å². The summed E-state index contributed by atoms with van der Waals surface area (Å²) in [6.45, 7) is 1.01. The number of esters is 1. The number of unbranched alkanes of at least 4 members (excludes halogenated alkanes) is 12. The van der Waals surface area contributed by atoms with Crippen LogP contribution in [0.15, 0.2) is 24.3 Å². The van der Waals surface area contributed by atoms with Crippen LogP contribution in [0, 0.1) is 11.3 Å². The molecule has 0 saturated heterocycles. The summed E-state index contributed by atoms with van der Waals surface area (Å²) >= 11 is 0. The summed E-state index contributed by atoms with van der Waals surface area (Å²) in [6.07, 6.45) is 17.2. The lowest BCUT2D eigenvalue weighted by Crippen LogP contribution is -2.01. The standard InChI is InChI=1S/C24H38N2O2/c1-28-24(27)15-13-11-9-7-5-3-2-4-6-8-10-12-14-20-26-23-18-16-22(21-25)17-19-23/h16-19,26H,2-15,20H2,1H3. The van der Waals surface area contributed by atoms with Gasteiger partial charge in [0, 0.05) is 18.7 Å². The molecule has 0 unspecified atom stereocenters. The van der Waals surface area contributed by atoms with Gasteiger partial charge in [0.15, 0.2) is 0 Å². The van der Waals surface area contributed by atoms with E-state index in [1.165, 1.54) is 77.7 Å². The van der Waals surface area contributed by atoms with E-state index in [1.807, 2.05) is 24.3 Å². The van der Waals surface area contributed by atoms with Crippen molar-refractivity contribution in [2.45, 2.75) is 89.9 Å². The highest BCUT2D eigenvalue weighted by molar-refractivity contribution is 5.68. The van der Waals surface area contributed by atoms with Crippen molar-refractivity contribution in [2.24, 2.45) is 0 Å². The highest BCUT2D eigenvalue weighted by Crippen LogP contribution is 2.13. The lowest BCUT2D eigenvalue weighted by atomic mass is 10.0. The van der Waals surface area contributed by atoms with Crippen molar-refractivity contribution >= 4 is 11.7 Å². The molecular formula is C24H38N2O2. The minimum absolute atomic E-state index is 0.0810. The Hall–Kier alpha value is -2.02. The van der Waals surface area contributed by atoms with Gasteiger partial charge >= 0.3 is 5.97 Å². The Labute approximate surface area is 171 Å². The molecule has 0 aliphatic heterocycles. The summed E-state index contributed by atoms with van der Waals surface area (Å²) in [6, 6.07) is 9.80. The monoisotopic (exact) mass is 386 g/mol. The van der Waals surface area contributed by atoms with E-state index in [0.717, 1.165) is 25.1 Å². The number of ether oxygens (including phenoxy) is 1. The quantitative estimate of drug-likeness (QED) is 0.242. The highest BCUT2D eigenvalue weighted by atomic mass is 16.5. The lowest BCUT2D eigenvalue weighted by Gasteiger charge is -2.06. The number of carbonyl (C=O) groups is 1. The Kier molecular flexibility index (Phi) is 14.7. The Bertz CT molecular complexity index is 549. The number of rotatable bonds is 17. The molecule has 1 aromatic rings. The molecule has 0 saturated carbocycles. The Balaban J connectivity index is 1.77. The van der Waals surface area contributed by atoms with Crippen LogP contribution in [0.4, 0.5) is 5.69 Å². The van der Waals surface area contributed by atoms with E-state index in [4.69, 9.17) is 5.26 Å². The molecule has 0 aliphatic rings. The van der Waals surface area contributed by atoms with Gasteiger partial charge in [-0.15, -0.1) is 0 Å². The number of hydrogen-bond acceptors (Lipinski definition) is 4. The van der Waals surface area contributed by atoms with Gasteiger partial charge in [-0.2, -0.15) is 5.26 Å². The SMILES string of the molecule is COC(=O)CCCCCCCCCCCCCCCNc1ccc(C#N)cc1. The van der Waals surface area contributed by atoms with Gasteiger partial charge in [0.05, 0.1) is 18.7 Å². The first-order chi connectivity index (χ1) is 13.8. The molecule has 4 heteroatoms. The fourth-order valence-electron chi connectivity index (χ4n) is 3.34. The molecule has 1 N–H and O–H groups in total. The fraction of sp³-hybridized carbons (Fsp3) is 0.667. The van der Waals surface area contributed by atoms with Crippen LogP contribution in [-0.2, 0) is 9.53 Å². The third-order valence-corrected chi connectivity index (χ3v) is 5.13. The number of hydrogen-bond donors (Lipinski definition) is 1. The smallest absolute Gasteiger partial charge is 0.305 e. The van der Waals surface area contributed by atoms with Crippen molar-refractivity contribution in [3.05, 3.63) is 29.8 Å². The van der Waals surface area contributed by atoms with Gasteiger partial charge in [0.1, 0.15) is 0 Å². The summed E-state index contributed by atoms with van der Waals surface area (Å²) in [5.41, 5.74) is 1.81. The summed E-state index contributed by atoms with van der Waals surface area (Å²) < 4.78 is 4.64. The van der Waals surface area contributed by atoms with E-state index in [-0.39, 0.29) is 5.97 Å². The predicted octanol–water partition coefficient (Wildman–Crippen LogP) is 6.60. The van der Waals surface area contributed by atoms with Crippen LogP contribution in [0.25, 0.3) is 0 Å². The van der Waals surface area contributed by atoms with Crippen LogP contribution in [0.5, 0.6) is 0 Å². The molecule has 1 rings (SSSR count). The molecule has 0 radical (unpaired) electrons. The van der Waals surface area contributed by atoms with Gasteiger partial charge in [-0.1, -0.05) is 70.6 Å². The van der Waals surface area contributed by atoms with E-state index >= 15 is 0 Å². The Morgan fingerprint density at radius 1 is 0.821 bits per heavy atom. The number of nitrogens with one attached hydrogen (secondary N) is 1. The molecule has 0 aliphatic carbocycles. The maximum absolute atomic E-state index is 11.0. The summed E-state index contributed by atoms with van der Waals surface area (Å²) in [4.78, 5) is 11.0. The molecule has 1 aromatic carbocycles. The molecule has 156 valence electrons. The minimum Gasteiger partial charge on any atom is -0.469 e. The van der Waals surface area contributed by atoms with Crippen LogP contribution in [-0.4, -0.2) is 19.6 Å². The molecule has 0 spiro atoms. The largest absolute Gasteiger partial charge is 0.469 e. The van der Waals surface area contributed by atoms with Crippen LogP contribution in [0.2, 0.25) is 0 Å². The van der Waals surface area contributed by atoms with Gasteiger partial charge in [0.2, 0.25) is 0 Å². The maximum atomic E-state index is 11.0. The average Bonchev–Trinajstić information content (AvgIpc) is 2.73. The average molecular weight is 387 g/mol. The van der Waals surface area contributed by atoms with Gasteiger partial charge in [-0.3, -0.25) is 4.79 Å². The minimum atomic E-state index is -0.0810. The first-order valence-corrected chi connectivity index (χ1v) is 11.1. The molecule has 4 nitrogen and oxygen atoms in total. The number of carbonyl (C=O) groups excluding carboxylic acids is 1. The normalized spacial score (nSPS) is 10.4. The number of nitriles is 1. The summed E-state index contributed by atoms with van der Waals surface area (Å²) in [5, 5.41) is 12.2. The number of anilines is 1. The molecule has 0 aromatic heterocycles. The molecule has 0 bridgehead atoms. The first-order valence-electron chi connectivity index (χ1n) is 11.1. The van der Waals surface area contributed by atoms with Crippen molar-refractivity contribution < 1.29 is 9.53 Å².